The molecule has 0 unspecified atom stereocenters. The van der Waals surface area contributed by atoms with E-state index in [1.807, 2.05) is 17.0 Å². The van der Waals surface area contributed by atoms with Crippen molar-refractivity contribution in [1.29, 1.82) is 0 Å². The predicted octanol–water partition coefficient (Wildman–Crippen LogP) is 5.73. The molecule has 0 radical (unpaired) electrons. The van der Waals surface area contributed by atoms with Crippen molar-refractivity contribution in [2.75, 3.05) is 4.90 Å². The van der Waals surface area contributed by atoms with Crippen LogP contribution < -0.4 is 4.90 Å². The van der Waals surface area contributed by atoms with Gasteiger partial charge in [0.2, 0.25) is 5.91 Å². The van der Waals surface area contributed by atoms with Crippen molar-refractivity contribution in [3.8, 4) is 0 Å². The Bertz CT molecular complexity index is 1070. The highest BCUT2D eigenvalue weighted by Gasteiger charge is 2.47. The molecule has 1 fully saturated rings. The molecule has 4 heteroatoms. The second-order valence-corrected chi connectivity index (χ2v) is 9.54. The summed E-state index contributed by atoms with van der Waals surface area (Å²) >= 11 is 0. The van der Waals surface area contributed by atoms with Crippen LogP contribution in [0.3, 0.4) is 0 Å². The third kappa shape index (κ3) is 3.23. The molecule has 2 aliphatic rings. The van der Waals surface area contributed by atoms with Gasteiger partial charge in [0.15, 0.2) is 0 Å². The number of aryl methyl sites for hydroxylation is 1. The summed E-state index contributed by atoms with van der Waals surface area (Å²) in [4.78, 5) is 20.8. The molecular weight excluding hydrogens is 370 g/mol. The first-order valence-electron chi connectivity index (χ1n) is 11.4. The lowest BCUT2D eigenvalue weighted by atomic mass is 9.75. The number of hydrogen-bond acceptors (Lipinski definition) is 2. The Labute approximate surface area is 178 Å². The molecule has 156 valence electrons. The summed E-state index contributed by atoms with van der Waals surface area (Å²) in [5.41, 5.74) is 4.36. The first-order valence-corrected chi connectivity index (χ1v) is 11.4. The quantitative estimate of drug-likeness (QED) is 0.547. The molecular formula is C26H31N3O. The number of carbonyl (C=O) groups is 1. The normalized spacial score (nSPS) is 18.0. The van der Waals surface area contributed by atoms with E-state index in [1.165, 1.54) is 11.1 Å². The van der Waals surface area contributed by atoms with Crippen molar-refractivity contribution >= 4 is 22.6 Å². The van der Waals surface area contributed by atoms with Crippen molar-refractivity contribution in [3.05, 3.63) is 59.9 Å². The van der Waals surface area contributed by atoms with Gasteiger partial charge in [-0.25, -0.2) is 4.98 Å². The van der Waals surface area contributed by atoms with Crippen LogP contribution in [-0.4, -0.2) is 15.5 Å². The number of rotatable bonds is 5. The third-order valence-corrected chi connectivity index (χ3v) is 7.03. The van der Waals surface area contributed by atoms with E-state index >= 15 is 0 Å². The van der Waals surface area contributed by atoms with Gasteiger partial charge in [-0.1, -0.05) is 57.0 Å². The van der Waals surface area contributed by atoms with E-state index in [1.54, 1.807) is 0 Å². The van der Waals surface area contributed by atoms with Crippen LogP contribution in [0, 0.1) is 11.3 Å². The van der Waals surface area contributed by atoms with Gasteiger partial charge in [0.25, 0.3) is 0 Å². The number of benzene rings is 2. The second-order valence-electron chi connectivity index (χ2n) is 9.54. The van der Waals surface area contributed by atoms with Crippen molar-refractivity contribution in [1.82, 2.24) is 9.55 Å². The van der Waals surface area contributed by atoms with Crippen LogP contribution >= 0.6 is 0 Å². The zero-order valence-corrected chi connectivity index (χ0v) is 18.1. The van der Waals surface area contributed by atoms with Gasteiger partial charge < -0.3 is 9.47 Å². The van der Waals surface area contributed by atoms with Gasteiger partial charge in [-0.3, -0.25) is 4.79 Å². The molecule has 1 aromatic heterocycles. The van der Waals surface area contributed by atoms with E-state index in [-0.39, 0.29) is 5.41 Å². The molecule has 2 aromatic carbocycles. The van der Waals surface area contributed by atoms with Crippen LogP contribution in [0.4, 0.5) is 5.69 Å². The van der Waals surface area contributed by atoms with Gasteiger partial charge in [0.05, 0.1) is 23.0 Å². The standard InChI is InChI=1S/C26H31N3O/c1-19(2)13-16-28-23-12-6-4-10-21(23)27-24(28)18-29-22-11-5-3-9-20(22)17-26(25(29)30)14-7-8-15-26/h3-6,9-12,19H,7-8,13-18H2,1-2H3. The summed E-state index contributed by atoms with van der Waals surface area (Å²) in [6.45, 7) is 5.99. The van der Waals surface area contributed by atoms with Crippen molar-refractivity contribution in [3.63, 3.8) is 0 Å². The smallest absolute Gasteiger partial charge is 0.233 e. The maximum atomic E-state index is 13.8. The van der Waals surface area contributed by atoms with E-state index in [9.17, 15) is 4.79 Å². The predicted molar refractivity (Wildman–Crippen MR) is 121 cm³/mol. The lowest BCUT2D eigenvalue weighted by Gasteiger charge is -2.40. The molecule has 30 heavy (non-hydrogen) atoms. The number of para-hydroxylation sites is 3. The average molecular weight is 402 g/mol. The minimum atomic E-state index is -0.205. The molecule has 3 aromatic rings. The highest BCUT2D eigenvalue weighted by molar-refractivity contribution is 6.00. The fourth-order valence-electron chi connectivity index (χ4n) is 5.38. The SMILES string of the molecule is CC(C)CCn1c(CN2C(=O)C3(CCCC3)Cc3ccccc32)nc2ccccc21. The number of amides is 1. The van der Waals surface area contributed by atoms with Crippen LogP contribution in [0.25, 0.3) is 11.0 Å². The molecule has 0 N–H and O–H groups in total. The Balaban J connectivity index is 1.57. The van der Waals surface area contributed by atoms with Crippen LogP contribution in [0.15, 0.2) is 48.5 Å². The van der Waals surface area contributed by atoms with Crippen molar-refractivity contribution < 1.29 is 4.79 Å². The summed E-state index contributed by atoms with van der Waals surface area (Å²) in [5, 5.41) is 0. The Morgan fingerprint density at radius 1 is 1.03 bits per heavy atom. The van der Waals surface area contributed by atoms with Gasteiger partial charge in [0.1, 0.15) is 5.82 Å². The molecule has 2 heterocycles. The Morgan fingerprint density at radius 3 is 2.57 bits per heavy atom. The van der Waals surface area contributed by atoms with Gasteiger partial charge in [-0.05, 0) is 55.4 Å². The lowest BCUT2D eigenvalue weighted by molar-refractivity contribution is -0.128. The minimum Gasteiger partial charge on any atom is -0.326 e. The Morgan fingerprint density at radius 2 is 1.77 bits per heavy atom. The van der Waals surface area contributed by atoms with Crippen LogP contribution in [-0.2, 0) is 24.3 Å². The molecule has 0 bridgehead atoms. The van der Waals surface area contributed by atoms with Crippen LogP contribution in [0.5, 0.6) is 0 Å². The second kappa shape index (κ2) is 7.57. The summed E-state index contributed by atoms with van der Waals surface area (Å²) in [6, 6.07) is 16.8. The fraction of sp³-hybridized carbons (Fsp3) is 0.462. The molecule has 4 nitrogen and oxygen atoms in total. The maximum absolute atomic E-state index is 13.8. The van der Waals surface area contributed by atoms with E-state index in [2.05, 4.69) is 54.8 Å². The molecule has 5 rings (SSSR count). The van der Waals surface area contributed by atoms with Crippen molar-refractivity contribution in [2.24, 2.45) is 11.3 Å². The van der Waals surface area contributed by atoms with E-state index in [0.717, 1.165) is 62.1 Å². The summed E-state index contributed by atoms with van der Waals surface area (Å²) in [7, 11) is 0. The maximum Gasteiger partial charge on any atom is 0.233 e. The number of fused-ring (bicyclic) bond motifs is 2. The number of hydrogen-bond donors (Lipinski definition) is 0. The number of nitrogens with zero attached hydrogens (tertiary/aromatic N) is 3. The van der Waals surface area contributed by atoms with Crippen LogP contribution in [0.2, 0.25) is 0 Å². The van der Waals surface area contributed by atoms with E-state index in [4.69, 9.17) is 4.98 Å². The zero-order valence-electron chi connectivity index (χ0n) is 18.1. The zero-order chi connectivity index (χ0) is 20.7. The number of anilines is 1. The molecule has 0 saturated heterocycles. The van der Waals surface area contributed by atoms with Gasteiger partial charge in [0, 0.05) is 12.2 Å². The molecule has 1 spiro atoms. The summed E-state index contributed by atoms with van der Waals surface area (Å²) in [6.07, 6.45) is 6.34. The lowest BCUT2D eigenvalue weighted by Crippen LogP contribution is -2.48. The highest BCUT2D eigenvalue weighted by atomic mass is 16.2. The molecule has 1 saturated carbocycles. The number of aromatic nitrogens is 2. The van der Waals surface area contributed by atoms with Crippen LogP contribution in [0.1, 0.15) is 57.3 Å². The van der Waals surface area contributed by atoms with E-state index in [0.29, 0.717) is 18.4 Å². The molecule has 0 atom stereocenters. The topological polar surface area (TPSA) is 38.1 Å². The molecule has 1 amide bonds. The summed E-state index contributed by atoms with van der Waals surface area (Å²) in [5.74, 6) is 1.93. The largest absolute Gasteiger partial charge is 0.326 e. The third-order valence-electron chi connectivity index (χ3n) is 7.03. The Hall–Kier alpha value is -2.62. The highest BCUT2D eigenvalue weighted by Crippen LogP contribution is 2.48. The van der Waals surface area contributed by atoms with Gasteiger partial charge >= 0.3 is 0 Å². The number of carbonyl (C=O) groups excluding carboxylic acids is 1. The summed E-state index contributed by atoms with van der Waals surface area (Å²) < 4.78 is 2.33. The van der Waals surface area contributed by atoms with E-state index < -0.39 is 0 Å². The molecule has 1 aliphatic carbocycles. The first-order chi connectivity index (χ1) is 14.6. The minimum absolute atomic E-state index is 0.205. The van der Waals surface area contributed by atoms with Gasteiger partial charge in [-0.2, -0.15) is 0 Å². The fourth-order valence-corrected chi connectivity index (χ4v) is 5.38. The van der Waals surface area contributed by atoms with Crippen molar-refractivity contribution in [2.45, 2.75) is 65.5 Å². The van der Waals surface area contributed by atoms with Gasteiger partial charge in [-0.15, -0.1) is 0 Å². The molecule has 1 aliphatic heterocycles. The monoisotopic (exact) mass is 401 g/mol. The first kappa shape index (κ1) is 19.3. The number of imidazole rings is 1. The average Bonchev–Trinajstić information content (AvgIpc) is 3.35. The Kier molecular flexibility index (Phi) is 4.88.